The van der Waals surface area contributed by atoms with Crippen LogP contribution in [0, 0.1) is 0 Å². The van der Waals surface area contributed by atoms with Crippen molar-refractivity contribution in [1.82, 2.24) is 5.32 Å². The van der Waals surface area contributed by atoms with Crippen molar-refractivity contribution < 1.29 is 4.79 Å². The van der Waals surface area contributed by atoms with Gasteiger partial charge in [-0.2, -0.15) is 0 Å². The third-order valence-electron chi connectivity index (χ3n) is 1.17. The van der Waals surface area contributed by atoms with Crippen molar-refractivity contribution in [2.45, 2.75) is 13.3 Å². The molecular formula is C7H12N4O. The number of hydrogen-bond acceptors (Lipinski definition) is 2. The summed E-state index contributed by atoms with van der Waals surface area (Å²) in [7, 11) is 0. The van der Waals surface area contributed by atoms with Crippen molar-refractivity contribution in [2.24, 2.45) is 5.11 Å². The van der Waals surface area contributed by atoms with Crippen LogP contribution in [-0.2, 0) is 4.79 Å². The lowest BCUT2D eigenvalue weighted by atomic mass is 10.3. The number of nitrogens with one attached hydrogen (secondary N) is 1. The molecule has 0 aromatic carbocycles. The fourth-order valence-corrected chi connectivity index (χ4v) is 0.547. The van der Waals surface area contributed by atoms with Gasteiger partial charge in [-0.1, -0.05) is 11.7 Å². The Morgan fingerprint density at radius 2 is 2.42 bits per heavy atom. The minimum absolute atomic E-state index is 0.157. The van der Waals surface area contributed by atoms with Crippen LogP contribution >= 0.6 is 0 Å². The molecule has 5 heteroatoms. The van der Waals surface area contributed by atoms with Crippen LogP contribution in [0.15, 0.2) is 17.3 Å². The molecule has 12 heavy (non-hydrogen) atoms. The van der Waals surface area contributed by atoms with Crippen LogP contribution in [0.25, 0.3) is 10.4 Å². The number of carbonyl (C=O) groups is 1. The molecule has 0 atom stereocenters. The Kier molecular flexibility index (Phi) is 5.47. The van der Waals surface area contributed by atoms with E-state index in [0.717, 1.165) is 0 Å². The van der Waals surface area contributed by atoms with Gasteiger partial charge in [-0.25, -0.2) is 0 Å². The van der Waals surface area contributed by atoms with Crippen molar-refractivity contribution >= 4 is 5.91 Å². The molecule has 0 rings (SSSR count). The molecule has 0 spiro atoms. The number of rotatable bonds is 5. The average molecular weight is 168 g/mol. The Morgan fingerprint density at radius 1 is 1.75 bits per heavy atom. The van der Waals surface area contributed by atoms with Crippen molar-refractivity contribution in [3.05, 3.63) is 22.6 Å². The molecule has 0 aliphatic carbocycles. The smallest absolute Gasteiger partial charge is 0.246 e. The van der Waals surface area contributed by atoms with Crippen molar-refractivity contribution in [3.63, 3.8) is 0 Å². The van der Waals surface area contributed by atoms with E-state index in [-0.39, 0.29) is 5.91 Å². The fourth-order valence-electron chi connectivity index (χ4n) is 0.547. The lowest BCUT2D eigenvalue weighted by Crippen LogP contribution is -2.24. The maximum atomic E-state index is 10.9. The Labute approximate surface area is 71.1 Å². The lowest BCUT2D eigenvalue weighted by Gasteiger charge is -2.01. The molecule has 0 aliphatic rings. The average Bonchev–Trinajstić information content (AvgIpc) is 2.03. The van der Waals surface area contributed by atoms with Crippen molar-refractivity contribution in [2.75, 3.05) is 13.1 Å². The van der Waals surface area contributed by atoms with Crippen LogP contribution in [0.1, 0.15) is 13.3 Å². The highest BCUT2D eigenvalue weighted by Gasteiger charge is 1.98. The summed E-state index contributed by atoms with van der Waals surface area (Å²) in [5, 5.41) is 5.94. The molecule has 1 amide bonds. The lowest BCUT2D eigenvalue weighted by molar-refractivity contribution is -0.117. The molecule has 0 saturated heterocycles. The van der Waals surface area contributed by atoms with E-state index in [0.29, 0.717) is 25.1 Å². The summed E-state index contributed by atoms with van der Waals surface area (Å²) in [6, 6.07) is 0. The van der Waals surface area contributed by atoms with E-state index in [1.165, 1.54) is 0 Å². The van der Waals surface area contributed by atoms with Gasteiger partial charge in [-0.15, -0.1) is 0 Å². The second-order valence-corrected chi connectivity index (χ2v) is 2.34. The zero-order valence-electron chi connectivity index (χ0n) is 7.08. The molecule has 1 N–H and O–H groups in total. The highest BCUT2D eigenvalue weighted by Crippen LogP contribution is 1.86. The maximum Gasteiger partial charge on any atom is 0.246 e. The summed E-state index contributed by atoms with van der Waals surface area (Å²) < 4.78 is 0. The van der Waals surface area contributed by atoms with Crippen LogP contribution < -0.4 is 5.32 Å². The van der Waals surface area contributed by atoms with Gasteiger partial charge in [0.2, 0.25) is 5.91 Å². The van der Waals surface area contributed by atoms with Gasteiger partial charge in [-0.3, -0.25) is 4.79 Å². The molecule has 0 saturated carbocycles. The van der Waals surface area contributed by atoms with E-state index in [2.05, 4.69) is 21.9 Å². The third kappa shape index (κ3) is 5.32. The Hall–Kier alpha value is -1.48. The SMILES string of the molecule is C=C(C)C(=O)NCCCN=[N+]=[N-]. The van der Waals surface area contributed by atoms with Gasteiger partial charge in [-0.05, 0) is 18.9 Å². The van der Waals surface area contributed by atoms with Crippen LogP contribution in [0.2, 0.25) is 0 Å². The van der Waals surface area contributed by atoms with E-state index in [1.54, 1.807) is 6.92 Å². The van der Waals surface area contributed by atoms with E-state index < -0.39 is 0 Å². The number of amides is 1. The Morgan fingerprint density at radius 3 is 2.92 bits per heavy atom. The zero-order valence-corrected chi connectivity index (χ0v) is 7.08. The van der Waals surface area contributed by atoms with Gasteiger partial charge in [0.1, 0.15) is 0 Å². The van der Waals surface area contributed by atoms with Crippen molar-refractivity contribution in [3.8, 4) is 0 Å². The van der Waals surface area contributed by atoms with E-state index in [9.17, 15) is 4.79 Å². The Balaban J connectivity index is 3.37. The summed E-state index contributed by atoms with van der Waals surface area (Å²) in [6.07, 6.45) is 0.656. The van der Waals surface area contributed by atoms with Gasteiger partial charge in [0, 0.05) is 23.6 Å². The molecular weight excluding hydrogens is 156 g/mol. The van der Waals surface area contributed by atoms with Crippen LogP contribution in [0.3, 0.4) is 0 Å². The number of azide groups is 1. The van der Waals surface area contributed by atoms with Gasteiger partial charge in [0.05, 0.1) is 0 Å². The van der Waals surface area contributed by atoms with E-state index in [4.69, 9.17) is 5.53 Å². The topological polar surface area (TPSA) is 77.9 Å². The fraction of sp³-hybridized carbons (Fsp3) is 0.571. The third-order valence-corrected chi connectivity index (χ3v) is 1.17. The van der Waals surface area contributed by atoms with E-state index >= 15 is 0 Å². The monoisotopic (exact) mass is 168 g/mol. The highest BCUT2D eigenvalue weighted by atomic mass is 16.1. The summed E-state index contributed by atoms with van der Waals surface area (Å²) >= 11 is 0. The minimum Gasteiger partial charge on any atom is -0.352 e. The first-order valence-corrected chi connectivity index (χ1v) is 3.63. The molecule has 0 radical (unpaired) electrons. The summed E-state index contributed by atoms with van der Waals surface area (Å²) in [5.41, 5.74) is 8.40. The van der Waals surface area contributed by atoms with Crippen molar-refractivity contribution in [1.29, 1.82) is 0 Å². The highest BCUT2D eigenvalue weighted by molar-refractivity contribution is 5.91. The molecule has 0 fully saturated rings. The number of hydrogen-bond donors (Lipinski definition) is 1. The molecule has 0 aliphatic heterocycles. The zero-order chi connectivity index (χ0) is 9.40. The molecule has 0 aromatic rings. The summed E-state index contributed by atoms with van der Waals surface area (Å²) in [5.74, 6) is -0.157. The standard InChI is InChI=1S/C7H12N4O/c1-6(2)7(12)9-4-3-5-10-11-8/h1,3-5H2,2H3,(H,9,12). The molecule has 0 unspecified atom stereocenters. The molecule has 0 aromatic heterocycles. The maximum absolute atomic E-state index is 10.9. The number of nitrogens with zero attached hydrogens (tertiary/aromatic N) is 3. The predicted molar refractivity (Wildman–Crippen MR) is 46.5 cm³/mol. The van der Waals surface area contributed by atoms with E-state index in [1.807, 2.05) is 0 Å². The van der Waals surface area contributed by atoms with Crippen LogP contribution in [-0.4, -0.2) is 19.0 Å². The van der Waals surface area contributed by atoms with Crippen LogP contribution in [0.4, 0.5) is 0 Å². The number of carbonyl (C=O) groups excluding carboxylic acids is 1. The van der Waals surface area contributed by atoms with Crippen LogP contribution in [0.5, 0.6) is 0 Å². The van der Waals surface area contributed by atoms with Gasteiger partial charge < -0.3 is 5.32 Å². The summed E-state index contributed by atoms with van der Waals surface area (Å²) in [6.45, 7) is 6.05. The molecule has 0 heterocycles. The first-order chi connectivity index (χ1) is 5.68. The van der Waals surface area contributed by atoms with Gasteiger partial charge in [0.25, 0.3) is 0 Å². The minimum atomic E-state index is -0.157. The molecule has 0 bridgehead atoms. The quantitative estimate of drug-likeness (QED) is 0.217. The summed E-state index contributed by atoms with van der Waals surface area (Å²) in [4.78, 5) is 13.4. The largest absolute Gasteiger partial charge is 0.352 e. The molecule has 5 nitrogen and oxygen atoms in total. The Bertz CT molecular complexity index is 217. The predicted octanol–water partition coefficient (Wildman–Crippen LogP) is 1.38. The first kappa shape index (κ1) is 10.5. The normalized spacial score (nSPS) is 8.42. The first-order valence-electron chi connectivity index (χ1n) is 3.63. The second-order valence-electron chi connectivity index (χ2n) is 2.34. The van der Waals surface area contributed by atoms with Gasteiger partial charge >= 0.3 is 0 Å². The molecule has 66 valence electrons. The second kappa shape index (κ2) is 6.24. The van der Waals surface area contributed by atoms with Gasteiger partial charge in [0.15, 0.2) is 0 Å².